The third-order valence-electron chi connectivity index (χ3n) is 15.3. The smallest absolute Gasteiger partial charge is 0.297 e. The standard InChI is InChI=1S/C17H16N2O5.C16H15N3O5.C13H10N2O5.C11H14O3S/c20-14-7-6-13(15(21)18-14)19-16(22)11-5-4-10(8-12(11)17(19)23)24-9-2-1-3-9;20-13-4-3-12(14(21)18-13)19-15(22)10-2-1-8(5-11(10)16(19)23)24-9-6-17-7-9;16-6-1-2-7-8(5-6)13(20)15(12(7)19)9-3-4-10(17)14-11(9)18;1-9-5-7-11(8-6-9)15(12,13)14-10-3-2-4-10/h4-5,8-9,13H,1-3,6-7H2,(H,18,20,21);1-2,5,9,12,17H,3-4,6-7H2,(H,18,20,21);1-2,5,9,16H,3-4H2,(H,14,17,18);5-8,10H,2-4H2,1H3. The molecular formula is C57H55N7O18S. The van der Waals surface area contributed by atoms with Gasteiger partial charge in [0.05, 0.1) is 50.5 Å². The third kappa shape index (κ3) is 11.9. The maximum Gasteiger partial charge on any atom is 0.297 e. The molecule has 2 saturated carbocycles. The van der Waals surface area contributed by atoms with E-state index in [2.05, 4.69) is 21.3 Å². The molecule has 2 aliphatic carbocycles. The normalized spacial score (nSPS) is 22.2. The van der Waals surface area contributed by atoms with Crippen LogP contribution < -0.4 is 30.7 Å². The van der Waals surface area contributed by atoms with Crippen LogP contribution >= 0.6 is 0 Å². The molecule has 83 heavy (non-hydrogen) atoms. The van der Waals surface area contributed by atoms with Gasteiger partial charge in [-0.05, 0) is 131 Å². The number of hydrogen-bond donors (Lipinski definition) is 5. The number of carbonyl (C=O) groups excluding carboxylic acids is 12. The van der Waals surface area contributed by atoms with Crippen molar-refractivity contribution >= 4 is 81.0 Å². The van der Waals surface area contributed by atoms with E-state index >= 15 is 0 Å². The number of phenols is 1. The summed E-state index contributed by atoms with van der Waals surface area (Å²) in [6, 6.07) is 17.2. The average molecular weight is 1160 g/mol. The number of nitrogens with one attached hydrogen (secondary N) is 4. The molecule has 26 heteroatoms. The van der Waals surface area contributed by atoms with Crippen molar-refractivity contribution in [2.75, 3.05) is 13.1 Å². The number of aryl methyl sites for hydroxylation is 1. The molecule has 0 spiro atoms. The van der Waals surface area contributed by atoms with Crippen molar-refractivity contribution in [3.05, 3.63) is 118 Å². The maximum atomic E-state index is 12.6. The zero-order valence-electron chi connectivity index (χ0n) is 44.5. The largest absolute Gasteiger partial charge is 0.508 e. The highest BCUT2D eigenvalue weighted by Crippen LogP contribution is 2.35. The van der Waals surface area contributed by atoms with Gasteiger partial charge in [-0.2, -0.15) is 8.42 Å². The van der Waals surface area contributed by atoms with Crippen molar-refractivity contribution < 1.29 is 84.7 Å². The monoisotopic (exact) mass is 1160 g/mol. The van der Waals surface area contributed by atoms with E-state index in [1.807, 2.05) is 6.92 Å². The Kier molecular flexibility index (Phi) is 16.2. The Morgan fingerprint density at radius 2 is 0.819 bits per heavy atom. The van der Waals surface area contributed by atoms with Gasteiger partial charge in [0.2, 0.25) is 35.4 Å². The molecule has 3 unspecified atom stereocenters. The lowest BCUT2D eigenvalue weighted by Gasteiger charge is -2.28. The molecule has 3 atom stereocenters. The lowest BCUT2D eigenvalue weighted by molar-refractivity contribution is -0.137. The van der Waals surface area contributed by atoms with Gasteiger partial charge in [0, 0.05) is 32.4 Å². The zero-order chi connectivity index (χ0) is 59.0. The van der Waals surface area contributed by atoms with Gasteiger partial charge in [0.15, 0.2) is 0 Å². The number of rotatable bonds is 10. The minimum Gasteiger partial charge on any atom is -0.508 e. The minimum absolute atomic E-state index is 0.0569. The number of aromatic hydroxyl groups is 1. The van der Waals surface area contributed by atoms with Crippen LogP contribution in [0, 0.1) is 6.92 Å². The van der Waals surface area contributed by atoms with Crippen LogP contribution in [0.1, 0.15) is 145 Å². The van der Waals surface area contributed by atoms with E-state index < -0.39 is 93.2 Å². The van der Waals surface area contributed by atoms with Crippen molar-refractivity contribution in [2.24, 2.45) is 0 Å². The number of piperidine rings is 3. The number of hydrogen-bond acceptors (Lipinski definition) is 19. The van der Waals surface area contributed by atoms with Gasteiger partial charge >= 0.3 is 0 Å². The summed E-state index contributed by atoms with van der Waals surface area (Å²) >= 11 is 0. The fourth-order valence-corrected chi connectivity index (χ4v) is 11.3. The molecule has 4 aromatic carbocycles. The molecule has 4 saturated heterocycles. The van der Waals surface area contributed by atoms with Gasteiger partial charge in [-0.1, -0.05) is 17.7 Å². The predicted octanol–water partition coefficient (Wildman–Crippen LogP) is 2.50. The van der Waals surface area contributed by atoms with Crippen molar-refractivity contribution in [3.8, 4) is 17.2 Å². The molecule has 0 bridgehead atoms. The number of benzene rings is 4. The quantitative estimate of drug-likeness (QED) is 0.112. The van der Waals surface area contributed by atoms with Crippen LogP contribution in [0.5, 0.6) is 17.2 Å². The van der Waals surface area contributed by atoms with E-state index in [1.165, 1.54) is 18.2 Å². The first-order valence-corrected chi connectivity index (χ1v) is 28.4. The van der Waals surface area contributed by atoms with Crippen LogP contribution in [0.3, 0.4) is 0 Å². The number of carbonyl (C=O) groups is 12. The fourth-order valence-electron chi connectivity index (χ4n) is 10.1. The molecule has 5 N–H and O–H groups in total. The molecule has 13 rings (SSSR count). The first-order valence-electron chi connectivity index (χ1n) is 27.0. The highest BCUT2D eigenvalue weighted by atomic mass is 32.2. The molecule has 0 aromatic heterocycles. The number of phenolic OH excluding ortho intramolecular Hbond substituents is 1. The average Bonchev–Trinajstić information content (AvgIpc) is 2.35. The van der Waals surface area contributed by atoms with Crippen molar-refractivity contribution in [1.82, 2.24) is 36.0 Å². The molecule has 9 aliphatic rings. The first kappa shape index (κ1) is 57.2. The van der Waals surface area contributed by atoms with Gasteiger partial charge < -0.3 is 19.9 Å². The Balaban J connectivity index is 0.000000125. The summed E-state index contributed by atoms with van der Waals surface area (Å²) in [5.41, 5.74) is 2.26. The SMILES string of the molecule is Cc1ccc(S(=O)(=O)OC2CCC2)cc1.O=C1CCC(N2C(=O)c3ccc(O)cc3C2=O)C(=O)N1.O=C1CCC(N2C(=O)c3ccc(OC4CCC4)cc3C2=O)C(=O)N1.O=C1CCC(N2C(=O)c3ccc(OC4CNC4)cc3C2=O)C(=O)N1. The van der Waals surface area contributed by atoms with Gasteiger partial charge in [-0.15, -0.1) is 0 Å². The molecule has 25 nitrogen and oxygen atoms in total. The van der Waals surface area contributed by atoms with Crippen molar-refractivity contribution in [3.63, 3.8) is 0 Å². The van der Waals surface area contributed by atoms with Crippen molar-refractivity contribution in [1.29, 1.82) is 0 Å². The van der Waals surface area contributed by atoms with Crippen LogP contribution in [0.25, 0.3) is 0 Å². The number of nitrogens with zero attached hydrogens (tertiary/aromatic N) is 3. The molecule has 0 radical (unpaired) electrons. The summed E-state index contributed by atoms with van der Waals surface area (Å²) < 4.78 is 40.0. The van der Waals surface area contributed by atoms with E-state index in [4.69, 9.17) is 13.7 Å². The molecule has 432 valence electrons. The molecule has 7 aliphatic heterocycles. The highest BCUT2D eigenvalue weighted by Gasteiger charge is 2.48. The molecular weight excluding hydrogens is 1100 g/mol. The number of amides is 12. The van der Waals surface area contributed by atoms with Gasteiger partial charge in [0.1, 0.15) is 41.5 Å². The Morgan fingerprint density at radius 1 is 0.446 bits per heavy atom. The summed E-state index contributed by atoms with van der Waals surface area (Å²) in [6.45, 7) is 3.40. The number of fused-ring (bicyclic) bond motifs is 3. The molecule has 6 fully saturated rings. The second kappa shape index (κ2) is 23.5. The van der Waals surface area contributed by atoms with Crippen LogP contribution in [0.15, 0.2) is 83.8 Å². The Bertz CT molecular complexity index is 3430. The number of ether oxygens (including phenoxy) is 2. The summed E-state index contributed by atoms with van der Waals surface area (Å²) in [7, 11) is -3.54. The second-order valence-electron chi connectivity index (χ2n) is 21.0. The van der Waals surface area contributed by atoms with Gasteiger partial charge in [-0.25, -0.2) is 0 Å². The maximum absolute atomic E-state index is 12.6. The van der Waals surface area contributed by atoms with E-state index in [1.54, 1.807) is 60.7 Å². The van der Waals surface area contributed by atoms with Crippen LogP contribution in [0.2, 0.25) is 0 Å². The first-order chi connectivity index (χ1) is 39.6. The summed E-state index contributed by atoms with van der Waals surface area (Å²) in [4.78, 5) is 147. The van der Waals surface area contributed by atoms with Crippen LogP contribution in [-0.2, 0) is 43.1 Å². The van der Waals surface area contributed by atoms with E-state index in [9.17, 15) is 71.1 Å². The van der Waals surface area contributed by atoms with Gasteiger partial charge in [-0.3, -0.25) is 92.4 Å². The molecule has 4 aromatic rings. The second-order valence-corrected chi connectivity index (χ2v) is 22.5. The lowest BCUT2D eigenvalue weighted by atomic mass is 9.96. The molecule has 12 amide bonds. The minimum atomic E-state index is -3.54. The summed E-state index contributed by atoms with van der Waals surface area (Å²) in [5.74, 6) is -5.38. The van der Waals surface area contributed by atoms with Crippen molar-refractivity contribution in [2.45, 2.75) is 125 Å². The van der Waals surface area contributed by atoms with E-state index in [0.717, 1.165) is 71.9 Å². The summed E-state index contributed by atoms with van der Waals surface area (Å²) in [6.07, 6.45) is 6.72. The number of imide groups is 6. The topological polar surface area (TPSA) is 345 Å². The Hall–Kier alpha value is -9.01. The van der Waals surface area contributed by atoms with Gasteiger partial charge in [0.25, 0.3) is 45.6 Å². The third-order valence-corrected chi connectivity index (χ3v) is 16.6. The van der Waals surface area contributed by atoms with E-state index in [-0.39, 0.29) is 107 Å². The fraction of sp³-hybridized carbons (Fsp3) is 0.368. The van der Waals surface area contributed by atoms with Crippen LogP contribution in [-0.4, -0.2) is 149 Å². The summed E-state index contributed by atoms with van der Waals surface area (Å²) in [5, 5.41) is 18.9. The van der Waals surface area contributed by atoms with E-state index in [0.29, 0.717) is 11.5 Å². The lowest BCUT2D eigenvalue weighted by Crippen LogP contribution is -2.54. The Morgan fingerprint density at radius 3 is 1.18 bits per heavy atom. The van der Waals surface area contributed by atoms with Crippen LogP contribution in [0.4, 0.5) is 0 Å². The molecule has 7 heterocycles. The Labute approximate surface area is 473 Å². The zero-order valence-corrected chi connectivity index (χ0v) is 45.3. The predicted molar refractivity (Wildman–Crippen MR) is 284 cm³/mol. The highest BCUT2D eigenvalue weighted by molar-refractivity contribution is 7.86.